The number of piperidine rings is 1. The summed E-state index contributed by atoms with van der Waals surface area (Å²) in [7, 11) is 1.83. The molecule has 1 unspecified atom stereocenters. The SMILES string of the molecule is CN=C(NCCc1nnc2ccccn12)NC1CCCN(Cc2ccccc2)C1.I. The molecule has 8 heteroatoms. The maximum Gasteiger partial charge on any atom is 0.191 e. The van der Waals surface area contributed by atoms with Gasteiger partial charge in [-0.3, -0.25) is 14.3 Å². The number of nitrogens with zero attached hydrogens (tertiary/aromatic N) is 5. The van der Waals surface area contributed by atoms with Gasteiger partial charge in [-0.15, -0.1) is 34.2 Å². The van der Waals surface area contributed by atoms with Crippen molar-refractivity contribution < 1.29 is 0 Å². The van der Waals surface area contributed by atoms with Crippen molar-refractivity contribution in [3.63, 3.8) is 0 Å². The van der Waals surface area contributed by atoms with Gasteiger partial charge in [-0.1, -0.05) is 36.4 Å². The molecule has 4 rings (SSSR count). The van der Waals surface area contributed by atoms with Crippen LogP contribution < -0.4 is 10.6 Å². The van der Waals surface area contributed by atoms with E-state index in [9.17, 15) is 0 Å². The number of pyridine rings is 1. The molecule has 1 saturated heterocycles. The fraction of sp³-hybridized carbons (Fsp3) is 0.409. The monoisotopic (exact) mass is 519 g/mol. The Kier molecular flexibility index (Phi) is 8.44. The molecule has 160 valence electrons. The zero-order valence-corrected chi connectivity index (χ0v) is 19.7. The quantitative estimate of drug-likeness (QED) is 0.298. The molecular weight excluding hydrogens is 489 g/mol. The molecular formula is C22H30IN7. The van der Waals surface area contributed by atoms with Crippen molar-refractivity contribution in [2.75, 3.05) is 26.7 Å². The van der Waals surface area contributed by atoms with Crippen molar-refractivity contribution in [2.24, 2.45) is 4.99 Å². The van der Waals surface area contributed by atoms with E-state index in [2.05, 4.69) is 61.1 Å². The number of fused-ring (bicyclic) bond motifs is 1. The van der Waals surface area contributed by atoms with Gasteiger partial charge in [0.15, 0.2) is 11.6 Å². The first kappa shape index (κ1) is 22.5. The highest BCUT2D eigenvalue weighted by molar-refractivity contribution is 14.0. The third kappa shape index (κ3) is 5.91. The number of aromatic nitrogens is 3. The number of guanidine groups is 1. The zero-order valence-electron chi connectivity index (χ0n) is 17.4. The molecule has 3 heterocycles. The van der Waals surface area contributed by atoms with E-state index in [-0.39, 0.29) is 24.0 Å². The number of aliphatic imine (C=N–C) groups is 1. The number of benzene rings is 1. The molecule has 3 aromatic rings. The predicted octanol–water partition coefficient (Wildman–Crippen LogP) is 2.72. The maximum absolute atomic E-state index is 4.41. The Morgan fingerprint density at radius 1 is 1.13 bits per heavy atom. The second-order valence-corrected chi connectivity index (χ2v) is 7.50. The molecule has 0 amide bonds. The van der Waals surface area contributed by atoms with Gasteiger partial charge in [-0.2, -0.15) is 0 Å². The van der Waals surface area contributed by atoms with Crippen LogP contribution in [0.3, 0.4) is 0 Å². The van der Waals surface area contributed by atoms with E-state index >= 15 is 0 Å². The molecule has 1 aliphatic rings. The highest BCUT2D eigenvalue weighted by Crippen LogP contribution is 2.13. The van der Waals surface area contributed by atoms with E-state index in [0.717, 1.165) is 50.0 Å². The highest BCUT2D eigenvalue weighted by atomic mass is 127. The maximum atomic E-state index is 4.41. The first-order chi connectivity index (χ1) is 14.3. The van der Waals surface area contributed by atoms with E-state index < -0.39 is 0 Å². The van der Waals surface area contributed by atoms with Crippen LogP contribution in [0.1, 0.15) is 24.2 Å². The van der Waals surface area contributed by atoms with Gasteiger partial charge in [-0.05, 0) is 37.1 Å². The van der Waals surface area contributed by atoms with Gasteiger partial charge in [0.1, 0.15) is 5.82 Å². The van der Waals surface area contributed by atoms with Crippen LogP contribution in [0, 0.1) is 0 Å². The van der Waals surface area contributed by atoms with Crippen LogP contribution in [0.25, 0.3) is 5.65 Å². The number of hydrogen-bond acceptors (Lipinski definition) is 4. The lowest BCUT2D eigenvalue weighted by Gasteiger charge is -2.34. The normalized spacial score (nSPS) is 17.5. The van der Waals surface area contributed by atoms with E-state index in [1.54, 1.807) is 0 Å². The van der Waals surface area contributed by atoms with E-state index in [1.807, 2.05) is 35.8 Å². The Labute approximate surface area is 195 Å². The van der Waals surface area contributed by atoms with Gasteiger partial charge in [0.25, 0.3) is 0 Å². The van der Waals surface area contributed by atoms with Crippen LogP contribution in [0.4, 0.5) is 0 Å². The van der Waals surface area contributed by atoms with E-state index in [4.69, 9.17) is 0 Å². The minimum absolute atomic E-state index is 0. The topological polar surface area (TPSA) is 69.8 Å². The molecule has 1 aliphatic heterocycles. The van der Waals surface area contributed by atoms with E-state index in [0.29, 0.717) is 6.04 Å². The molecule has 2 N–H and O–H groups in total. The second-order valence-electron chi connectivity index (χ2n) is 7.50. The Balaban J connectivity index is 0.00000256. The molecule has 7 nitrogen and oxygen atoms in total. The fourth-order valence-corrected chi connectivity index (χ4v) is 3.90. The molecule has 0 aliphatic carbocycles. The molecule has 0 bridgehead atoms. The average Bonchev–Trinajstić information content (AvgIpc) is 3.17. The molecule has 0 radical (unpaired) electrons. The lowest BCUT2D eigenvalue weighted by Crippen LogP contribution is -2.51. The van der Waals surface area contributed by atoms with Crippen molar-refractivity contribution in [2.45, 2.75) is 31.8 Å². The van der Waals surface area contributed by atoms with Crippen LogP contribution >= 0.6 is 24.0 Å². The van der Waals surface area contributed by atoms with Crippen molar-refractivity contribution in [3.8, 4) is 0 Å². The van der Waals surface area contributed by atoms with Crippen molar-refractivity contribution in [3.05, 3.63) is 66.1 Å². The summed E-state index contributed by atoms with van der Waals surface area (Å²) in [4.78, 5) is 6.93. The molecule has 30 heavy (non-hydrogen) atoms. The molecule has 0 saturated carbocycles. The summed E-state index contributed by atoms with van der Waals surface area (Å²) in [5.41, 5.74) is 2.25. The number of likely N-dealkylation sites (tertiary alicyclic amines) is 1. The number of hydrogen-bond donors (Lipinski definition) is 2. The first-order valence-electron chi connectivity index (χ1n) is 10.3. The Bertz CT molecular complexity index is 941. The van der Waals surface area contributed by atoms with E-state index in [1.165, 1.54) is 18.4 Å². The third-order valence-corrected chi connectivity index (χ3v) is 5.34. The second kappa shape index (κ2) is 11.3. The fourth-order valence-electron chi connectivity index (χ4n) is 3.90. The summed E-state index contributed by atoms with van der Waals surface area (Å²) in [6.45, 7) is 3.95. The van der Waals surface area contributed by atoms with Crippen LogP contribution in [-0.2, 0) is 13.0 Å². The Morgan fingerprint density at radius 2 is 1.97 bits per heavy atom. The Hall–Kier alpha value is -2.20. The van der Waals surface area contributed by atoms with Gasteiger partial charge in [0, 0.05) is 45.3 Å². The lowest BCUT2D eigenvalue weighted by molar-refractivity contribution is 0.192. The molecule has 1 fully saturated rings. The summed E-state index contributed by atoms with van der Waals surface area (Å²) in [6, 6.07) is 17.0. The molecule has 2 aromatic heterocycles. The number of nitrogens with one attached hydrogen (secondary N) is 2. The van der Waals surface area contributed by atoms with Crippen LogP contribution in [0.5, 0.6) is 0 Å². The molecule has 1 atom stereocenters. The van der Waals surface area contributed by atoms with Gasteiger partial charge in [0.05, 0.1) is 0 Å². The standard InChI is InChI=1S/C22H29N7.HI/c1-23-22(24-13-12-21-27-26-20-11-5-6-15-29(20)21)25-19-10-7-14-28(17-19)16-18-8-3-2-4-9-18;/h2-6,8-9,11,15,19H,7,10,12-14,16-17H2,1H3,(H2,23,24,25);1H. The van der Waals surface area contributed by atoms with Crippen molar-refractivity contribution >= 4 is 35.6 Å². The summed E-state index contributed by atoms with van der Waals surface area (Å²) in [6.07, 6.45) is 5.16. The Morgan fingerprint density at radius 3 is 2.80 bits per heavy atom. The summed E-state index contributed by atoms with van der Waals surface area (Å²) in [5.74, 6) is 1.81. The van der Waals surface area contributed by atoms with Crippen molar-refractivity contribution in [1.29, 1.82) is 0 Å². The highest BCUT2D eigenvalue weighted by Gasteiger charge is 2.20. The summed E-state index contributed by atoms with van der Waals surface area (Å²) >= 11 is 0. The zero-order chi connectivity index (χ0) is 19.9. The summed E-state index contributed by atoms with van der Waals surface area (Å²) in [5, 5.41) is 15.5. The smallest absolute Gasteiger partial charge is 0.191 e. The minimum Gasteiger partial charge on any atom is -0.356 e. The van der Waals surface area contributed by atoms with Gasteiger partial charge in [-0.25, -0.2) is 0 Å². The van der Waals surface area contributed by atoms with Crippen LogP contribution in [0.15, 0.2) is 59.7 Å². The first-order valence-corrected chi connectivity index (χ1v) is 10.3. The van der Waals surface area contributed by atoms with Crippen LogP contribution in [-0.4, -0.2) is 58.2 Å². The molecule has 1 aromatic carbocycles. The average molecular weight is 519 g/mol. The number of halogens is 1. The number of rotatable bonds is 6. The lowest BCUT2D eigenvalue weighted by atomic mass is 10.0. The van der Waals surface area contributed by atoms with Gasteiger partial charge < -0.3 is 10.6 Å². The molecule has 0 spiro atoms. The largest absolute Gasteiger partial charge is 0.356 e. The predicted molar refractivity (Wildman–Crippen MR) is 131 cm³/mol. The van der Waals surface area contributed by atoms with Crippen molar-refractivity contribution in [1.82, 2.24) is 30.1 Å². The van der Waals surface area contributed by atoms with Gasteiger partial charge in [0.2, 0.25) is 0 Å². The van der Waals surface area contributed by atoms with Gasteiger partial charge >= 0.3 is 0 Å². The third-order valence-electron chi connectivity index (χ3n) is 5.34. The minimum atomic E-state index is 0. The summed E-state index contributed by atoms with van der Waals surface area (Å²) < 4.78 is 2.03. The van der Waals surface area contributed by atoms with Crippen LogP contribution in [0.2, 0.25) is 0 Å².